The molecule has 0 radical (unpaired) electrons. The number of carboxylic acid groups (broad SMARTS) is 2. The Hall–Kier alpha value is -2.27. The first kappa shape index (κ1) is 11.8. The molecule has 0 aliphatic heterocycles. The summed E-state index contributed by atoms with van der Waals surface area (Å²) in [4.78, 5) is 24.4. The SMILES string of the molecule is CC1(N=[N+]=[N-])C(C(=O)O)=CC=CC1C(=O)O. The van der Waals surface area contributed by atoms with Gasteiger partial charge in [-0.3, -0.25) is 4.79 Å². The Kier molecular flexibility index (Phi) is 3.01. The highest BCUT2D eigenvalue weighted by molar-refractivity contribution is 5.92. The van der Waals surface area contributed by atoms with Crippen molar-refractivity contribution in [2.24, 2.45) is 11.0 Å². The lowest BCUT2D eigenvalue weighted by Gasteiger charge is -2.31. The van der Waals surface area contributed by atoms with E-state index in [-0.39, 0.29) is 5.57 Å². The number of hydrogen-bond acceptors (Lipinski definition) is 3. The Bertz CT molecular complexity index is 448. The van der Waals surface area contributed by atoms with Crippen molar-refractivity contribution in [3.05, 3.63) is 34.2 Å². The van der Waals surface area contributed by atoms with Crippen molar-refractivity contribution in [3.63, 3.8) is 0 Å². The van der Waals surface area contributed by atoms with Gasteiger partial charge < -0.3 is 10.2 Å². The highest BCUT2D eigenvalue weighted by Crippen LogP contribution is 2.35. The van der Waals surface area contributed by atoms with Crippen LogP contribution in [0.15, 0.2) is 28.9 Å². The van der Waals surface area contributed by atoms with Crippen LogP contribution in [0, 0.1) is 5.92 Å². The normalized spacial score (nSPS) is 27.8. The molecule has 84 valence electrons. The first-order valence-electron chi connectivity index (χ1n) is 4.35. The average molecular weight is 223 g/mol. The second-order valence-corrected chi connectivity index (χ2v) is 3.42. The van der Waals surface area contributed by atoms with Crippen LogP contribution in [0.4, 0.5) is 0 Å². The zero-order chi connectivity index (χ0) is 12.3. The smallest absolute Gasteiger partial charge is 0.332 e. The average Bonchev–Trinajstić information content (AvgIpc) is 2.16. The van der Waals surface area contributed by atoms with Gasteiger partial charge in [-0.05, 0) is 12.5 Å². The van der Waals surface area contributed by atoms with Gasteiger partial charge in [0.15, 0.2) is 0 Å². The van der Waals surface area contributed by atoms with Gasteiger partial charge in [0.25, 0.3) is 0 Å². The maximum absolute atomic E-state index is 11.0. The Morgan fingerprint density at radius 3 is 2.62 bits per heavy atom. The van der Waals surface area contributed by atoms with E-state index in [0.29, 0.717) is 0 Å². The van der Waals surface area contributed by atoms with E-state index in [0.717, 1.165) is 0 Å². The fourth-order valence-electron chi connectivity index (χ4n) is 1.61. The Morgan fingerprint density at radius 1 is 1.56 bits per heavy atom. The van der Waals surface area contributed by atoms with Crippen molar-refractivity contribution in [1.82, 2.24) is 0 Å². The number of azide groups is 1. The van der Waals surface area contributed by atoms with E-state index in [2.05, 4.69) is 10.0 Å². The van der Waals surface area contributed by atoms with Gasteiger partial charge >= 0.3 is 11.9 Å². The number of carbonyl (C=O) groups is 2. The van der Waals surface area contributed by atoms with Gasteiger partial charge in [0, 0.05) is 10.5 Å². The van der Waals surface area contributed by atoms with Crippen LogP contribution in [-0.2, 0) is 9.59 Å². The van der Waals surface area contributed by atoms with Crippen LogP contribution in [-0.4, -0.2) is 27.7 Å². The zero-order valence-corrected chi connectivity index (χ0v) is 8.36. The van der Waals surface area contributed by atoms with E-state index in [1.165, 1.54) is 25.2 Å². The number of aliphatic carboxylic acids is 2. The third-order valence-electron chi connectivity index (χ3n) is 2.47. The molecule has 16 heavy (non-hydrogen) atoms. The van der Waals surface area contributed by atoms with Gasteiger partial charge in [0.2, 0.25) is 0 Å². The first-order valence-corrected chi connectivity index (χ1v) is 4.35. The Labute approximate surface area is 90.3 Å². The molecule has 1 aliphatic carbocycles. The molecule has 0 aromatic carbocycles. The van der Waals surface area contributed by atoms with Gasteiger partial charge in [-0.1, -0.05) is 23.3 Å². The van der Waals surface area contributed by atoms with Crippen molar-refractivity contribution in [2.45, 2.75) is 12.5 Å². The van der Waals surface area contributed by atoms with Crippen LogP contribution < -0.4 is 0 Å². The van der Waals surface area contributed by atoms with Crippen molar-refractivity contribution in [3.8, 4) is 0 Å². The molecule has 0 amide bonds. The molecule has 0 heterocycles. The highest BCUT2D eigenvalue weighted by Gasteiger charge is 2.44. The number of allylic oxidation sites excluding steroid dienone is 2. The predicted molar refractivity (Wildman–Crippen MR) is 53.5 cm³/mol. The Balaban J connectivity index is 3.35. The van der Waals surface area contributed by atoms with E-state index < -0.39 is 23.4 Å². The fraction of sp³-hybridized carbons (Fsp3) is 0.333. The van der Waals surface area contributed by atoms with Gasteiger partial charge in [-0.25, -0.2) is 4.79 Å². The summed E-state index contributed by atoms with van der Waals surface area (Å²) < 4.78 is 0. The molecule has 2 N–H and O–H groups in total. The molecule has 1 aliphatic rings. The molecule has 0 aromatic rings. The van der Waals surface area contributed by atoms with Gasteiger partial charge in [-0.15, -0.1) is 0 Å². The van der Waals surface area contributed by atoms with Crippen LogP contribution in [0.5, 0.6) is 0 Å². The van der Waals surface area contributed by atoms with E-state index in [9.17, 15) is 9.59 Å². The van der Waals surface area contributed by atoms with E-state index in [1.54, 1.807) is 0 Å². The standard InChI is InChI=1S/C9H9N3O4/c1-9(11-12-10)5(7(13)14)3-2-4-6(9)8(15)16/h2-5H,1H3,(H,13,14)(H,15,16). The molecule has 0 saturated heterocycles. The van der Waals surface area contributed by atoms with Crippen LogP contribution in [0.1, 0.15) is 6.92 Å². The highest BCUT2D eigenvalue weighted by atomic mass is 16.4. The molecule has 0 aromatic heterocycles. The minimum atomic E-state index is -1.61. The molecule has 7 heteroatoms. The first-order chi connectivity index (χ1) is 7.43. The van der Waals surface area contributed by atoms with E-state index in [4.69, 9.17) is 15.7 Å². The summed E-state index contributed by atoms with van der Waals surface area (Å²) in [5, 5.41) is 21.2. The van der Waals surface area contributed by atoms with Crippen molar-refractivity contribution < 1.29 is 19.8 Å². The molecule has 7 nitrogen and oxygen atoms in total. The summed E-state index contributed by atoms with van der Waals surface area (Å²) in [6.07, 6.45) is 3.86. The van der Waals surface area contributed by atoms with Crippen LogP contribution >= 0.6 is 0 Å². The third-order valence-corrected chi connectivity index (χ3v) is 2.47. The minimum absolute atomic E-state index is 0.236. The molecule has 2 unspecified atom stereocenters. The maximum atomic E-state index is 11.0. The maximum Gasteiger partial charge on any atom is 0.332 e. The molecule has 0 saturated carbocycles. The molecular formula is C9H9N3O4. The minimum Gasteiger partial charge on any atom is -0.481 e. The van der Waals surface area contributed by atoms with Crippen LogP contribution in [0.2, 0.25) is 0 Å². The van der Waals surface area contributed by atoms with E-state index in [1.807, 2.05) is 0 Å². The lowest BCUT2D eigenvalue weighted by molar-refractivity contribution is -0.142. The van der Waals surface area contributed by atoms with Crippen molar-refractivity contribution in [2.75, 3.05) is 0 Å². The molecule has 0 fully saturated rings. The van der Waals surface area contributed by atoms with Gasteiger partial charge in [-0.2, -0.15) is 0 Å². The fourth-order valence-corrected chi connectivity index (χ4v) is 1.61. The lowest BCUT2D eigenvalue weighted by Crippen LogP contribution is -2.42. The summed E-state index contributed by atoms with van der Waals surface area (Å²) >= 11 is 0. The number of hydrogen-bond donors (Lipinski definition) is 2. The summed E-state index contributed by atoms with van der Waals surface area (Å²) in [6, 6.07) is 0. The largest absolute Gasteiger partial charge is 0.481 e. The summed E-state index contributed by atoms with van der Waals surface area (Å²) in [7, 11) is 0. The van der Waals surface area contributed by atoms with Crippen LogP contribution in [0.25, 0.3) is 10.4 Å². The molecular weight excluding hydrogens is 214 g/mol. The molecule has 0 spiro atoms. The monoisotopic (exact) mass is 223 g/mol. The zero-order valence-electron chi connectivity index (χ0n) is 8.36. The molecule has 1 rings (SSSR count). The van der Waals surface area contributed by atoms with E-state index >= 15 is 0 Å². The third kappa shape index (κ3) is 1.76. The number of nitrogens with zero attached hydrogens (tertiary/aromatic N) is 3. The van der Waals surface area contributed by atoms with Gasteiger partial charge in [0.1, 0.15) is 0 Å². The van der Waals surface area contributed by atoms with Crippen LogP contribution in [0.3, 0.4) is 0 Å². The predicted octanol–water partition coefficient (Wildman–Crippen LogP) is 1.34. The lowest BCUT2D eigenvalue weighted by atomic mass is 9.76. The summed E-state index contributed by atoms with van der Waals surface area (Å²) in [5.74, 6) is -3.72. The van der Waals surface area contributed by atoms with Crippen molar-refractivity contribution >= 4 is 11.9 Å². The van der Waals surface area contributed by atoms with Gasteiger partial charge in [0.05, 0.1) is 11.5 Å². The second-order valence-electron chi connectivity index (χ2n) is 3.42. The quantitative estimate of drug-likeness (QED) is 0.425. The summed E-state index contributed by atoms with van der Waals surface area (Å²) in [5.41, 5.74) is 6.56. The Morgan fingerprint density at radius 2 is 2.19 bits per heavy atom. The summed E-state index contributed by atoms with van der Waals surface area (Å²) in [6.45, 7) is 1.29. The molecule has 2 atom stereocenters. The number of rotatable bonds is 3. The topological polar surface area (TPSA) is 123 Å². The second kappa shape index (κ2) is 4.08. The van der Waals surface area contributed by atoms with Crippen molar-refractivity contribution in [1.29, 1.82) is 0 Å². The number of carboxylic acids is 2. The molecule has 0 bridgehead atoms.